The van der Waals surface area contributed by atoms with E-state index in [0.717, 1.165) is 11.4 Å². The molecular weight excluding hydrogens is 776 g/mol. The summed E-state index contributed by atoms with van der Waals surface area (Å²) in [7, 11) is -0.546. The van der Waals surface area contributed by atoms with Crippen LogP contribution in [-0.2, 0) is 41.3 Å². The summed E-state index contributed by atoms with van der Waals surface area (Å²) in [6, 6.07) is 26.1. The molecule has 230 valence electrons. The van der Waals surface area contributed by atoms with E-state index in [9.17, 15) is 16.8 Å². The van der Waals surface area contributed by atoms with Gasteiger partial charge in [-0.3, -0.25) is 9.11 Å². The van der Waals surface area contributed by atoms with Gasteiger partial charge in [-0.15, -0.1) is 0 Å². The van der Waals surface area contributed by atoms with Gasteiger partial charge in [-0.1, -0.05) is 0 Å². The molecule has 4 aromatic carbocycles. The second kappa shape index (κ2) is 15.6. The summed E-state index contributed by atoms with van der Waals surface area (Å²) in [6.07, 6.45) is 0. The van der Waals surface area contributed by atoms with Crippen LogP contribution in [-0.4, -0.2) is 54.1 Å². The monoisotopic (exact) mass is 805 g/mol. The maximum absolute atomic E-state index is 10.9. The van der Waals surface area contributed by atoms with Crippen LogP contribution in [0.5, 0.6) is 0 Å². The molecule has 2 N–H and O–H groups in total. The number of nitrogens with zero attached hydrogens (tertiary/aromatic N) is 6. The molecule has 0 saturated heterocycles. The number of hydrogen-bond acceptors (Lipinski definition) is 10. The summed E-state index contributed by atoms with van der Waals surface area (Å²) in [5.74, 6) is 0. The Kier molecular flexibility index (Phi) is 12.8. The van der Waals surface area contributed by atoms with Gasteiger partial charge in [-0.25, -0.2) is 0 Å². The summed E-state index contributed by atoms with van der Waals surface area (Å²) >= 11 is 0. The van der Waals surface area contributed by atoms with Gasteiger partial charge in [-0.05, 0) is 97.1 Å². The van der Waals surface area contributed by atoms with Crippen molar-refractivity contribution < 1.29 is 47.0 Å². The van der Waals surface area contributed by atoms with E-state index in [-0.39, 0.29) is 30.9 Å². The van der Waals surface area contributed by atoms with E-state index >= 15 is 0 Å². The van der Waals surface area contributed by atoms with Crippen molar-refractivity contribution in [2.45, 2.75) is 9.79 Å². The molecule has 0 radical (unpaired) electrons. The van der Waals surface area contributed by atoms with Gasteiger partial charge >= 0.3 is 0 Å². The Labute approximate surface area is 265 Å². The van der Waals surface area contributed by atoms with Crippen molar-refractivity contribution in [2.24, 2.45) is 20.5 Å². The molecule has 0 aliphatic rings. The van der Waals surface area contributed by atoms with Crippen LogP contribution in [0.3, 0.4) is 0 Å². The standard InChI is InChI=1S/2C14H15N3O3S.Pt/c2*1-17(2)13-7-3-11(4-8-13)15-16-12-5-9-14(10-6-12)21(18,19)20;/h2*3-10H,1-2H3,(H,18,19,20);. The van der Waals surface area contributed by atoms with Crippen LogP contribution < -0.4 is 9.80 Å². The van der Waals surface area contributed by atoms with Crippen LogP contribution in [0, 0.1) is 0 Å². The van der Waals surface area contributed by atoms with Gasteiger partial charge in [0, 0.05) is 60.6 Å². The van der Waals surface area contributed by atoms with Crippen LogP contribution in [0.4, 0.5) is 34.1 Å². The third-order valence-corrected chi connectivity index (χ3v) is 7.30. The molecule has 12 nitrogen and oxygen atoms in total. The zero-order valence-corrected chi connectivity index (χ0v) is 27.5. The van der Waals surface area contributed by atoms with Crippen molar-refractivity contribution in [1.82, 2.24) is 0 Å². The summed E-state index contributed by atoms with van der Waals surface area (Å²) in [4.78, 5) is 3.62. The van der Waals surface area contributed by atoms with Crippen molar-refractivity contribution in [1.29, 1.82) is 0 Å². The predicted molar refractivity (Wildman–Crippen MR) is 162 cm³/mol. The third-order valence-electron chi connectivity index (χ3n) is 5.56. The van der Waals surface area contributed by atoms with E-state index in [4.69, 9.17) is 9.11 Å². The third kappa shape index (κ3) is 11.4. The summed E-state index contributed by atoms with van der Waals surface area (Å²) < 4.78 is 61.4. The first-order valence-electron chi connectivity index (χ1n) is 12.3. The molecule has 0 aliphatic carbocycles. The Morgan fingerprint density at radius 3 is 0.837 bits per heavy atom. The maximum Gasteiger partial charge on any atom is 0.294 e. The molecule has 0 fully saturated rings. The summed E-state index contributed by atoms with van der Waals surface area (Å²) in [5.41, 5.74) is 4.51. The van der Waals surface area contributed by atoms with E-state index < -0.39 is 20.2 Å². The van der Waals surface area contributed by atoms with Crippen LogP contribution in [0.2, 0.25) is 0 Å². The quantitative estimate of drug-likeness (QED) is 0.145. The SMILES string of the molecule is CN(C)c1ccc(N=Nc2ccc(S(=O)(=O)O)cc2)cc1.CN(C)c1ccc(N=Nc2ccc(S(=O)(=O)O)cc2)cc1.[Pt]. The average molecular weight is 806 g/mol. The van der Waals surface area contributed by atoms with Gasteiger partial charge in [-0.2, -0.15) is 37.3 Å². The van der Waals surface area contributed by atoms with Gasteiger partial charge < -0.3 is 9.80 Å². The Bertz CT molecular complexity index is 1610. The molecule has 4 rings (SSSR count). The first kappa shape index (κ1) is 35.4. The zero-order chi connectivity index (χ0) is 30.9. The Hall–Kier alpha value is -3.81. The van der Waals surface area contributed by atoms with Crippen LogP contribution in [0.15, 0.2) is 127 Å². The van der Waals surface area contributed by atoms with Crippen molar-refractivity contribution in [2.75, 3.05) is 38.0 Å². The van der Waals surface area contributed by atoms with Crippen molar-refractivity contribution in [3.8, 4) is 0 Å². The fourth-order valence-corrected chi connectivity index (χ4v) is 4.20. The number of benzene rings is 4. The van der Waals surface area contributed by atoms with Crippen molar-refractivity contribution >= 4 is 54.4 Å². The zero-order valence-electron chi connectivity index (χ0n) is 23.6. The molecule has 4 aromatic rings. The van der Waals surface area contributed by atoms with Gasteiger partial charge in [0.15, 0.2) is 0 Å². The van der Waals surface area contributed by atoms with Gasteiger partial charge in [0.1, 0.15) is 0 Å². The maximum atomic E-state index is 10.9. The molecule has 0 saturated carbocycles. The Balaban J connectivity index is 0.000000293. The second-order valence-corrected chi connectivity index (χ2v) is 12.0. The minimum absolute atomic E-state index is 0. The molecule has 0 aliphatic heterocycles. The fraction of sp³-hybridized carbons (Fsp3) is 0.143. The van der Waals surface area contributed by atoms with E-state index in [1.807, 2.05) is 86.5 Å². The van der Waals surface area contributed by atoms with E-state index in [1.54, 1.807) is 0 Å². The number of hydrogen-bond donors (Lipinski definition) is 2. The van der Waals surface area contributed by atoms with E-state index in [1.165, 1.54) is 48.5 Å². The molecule has 0 aromatic heterocycles. The van der Waals surface area contributed by atoms with Gasteiger partial charge in [0.25, 0.3) is 20.2 Å². The summed E-state index contributed by atoms with van der Waals surface area (Å²) in [5, 5.41) is 16.1. The number of rotatable bonds is 8. The molecule has 43 heavy (non-hydrogen) atoms. The largest absolute Gasteiger partial charge is 0.378 e. The number of azo groups is 2. The van der Waals surface area contributed by atoms with Crippen LogP contribution >= 0.6 is 0 Å². The van der Waals surface area contributed by atoms with Crippen LogP contribution in [0.25, 0.3) is 0 Å². The molecule has 0 atom stereocenters. The average Bonchev–Trinajstić information content (AvgIpc) is 2.95. The van der Waals surface area contributed by atoms with Crippen molar-refractivity contribution in [3.05, 3.63) is 97.1 Å². The molecular formula is C28H30N6O6PtS2. The normalized spacial score (nSPS) is 11.5. The minimum atomic E-state index is -4.18. The smallest absolute Gasteiger partial charge is 0.294 e. The first-order valence-corrected chi connectivity index (χ1v) is 15.1. The van der Waals surface area contributed by atoms with Crippen molar-refractivity contribution in [3.63, 3.8) is 0 Å². The topological polar surface area (TPSA) is 165 Å². The molecule has 15 heteroatoms. The van der Waals surface area contributed by atoms with Gasteiger partial charge in [0.05, 0.1) is 32.5 Å². The molecule has 0 unspecified atom stereocenters. The number of anilines is 2. The van der Waals surface area contributed by atoms with E-state index in [2.05, 4.69) is 20.5 Å². The predicted octanol–water partition coefficient (Wildman–Crippen LogP) is 6.83. The molecule has 0 spiro atoms. The Morgan fingerprint density at radius 2 is 0.651 bits per heavy atom. The molecule has 0 heterocycles. The second-order valence-electron chi connectivity index (χ2n) is 9.16. The van der Waals surface area contributed by atoms with E-state index in [0.29, 0.717) is 22.7 Å². The first-order chi connectivity index (χ1) is 19.7. The Morgan fingerprint density at radius 1 is 0.442 bits per heavy atom. The minimum Gasteiger partial charge on any atom is -0.378 e. The van der Waals surface area contributed by atoms with Gasteiger partial charge in [0.2, 0.25) is 0 Å². The molecule has 0 bridgehead atoms. The summed E-state index contributed by atoms with van der Waals surface area (Å²) in [6.45, 7) is 0. The molecule has 0 amide bonds. The fourth-order valence-electron chi connectivity index (χ4n) is 3.24. The van der Waals surface area contributed by atoms with Crippen LogP contribution in [0.1, 0.15) is 0 Å².